The third-order valence-electron chi connectivity index (χ3n) is 6.14. The van der Waals surface area contributed by atoms with Gasteiger partial charge in [-0.25, -0.2) is 4.79 Å². The number of esters is 1. The van der Waals surface area contributed by atoms with Gasteiger partial charge in [-0.05, 0) is 55.0 Å². The fourth-order valence-corrected chi connectivity index (χ4v) is 4.67. The van der Waals surface area contributed by atoms with Crippen LogP contribution in [0.5, 0.6) is 11.5 Å². The molecule has 2 aliphatic rings. The Morgan fingerprint density at radius 1 is 1.18 bits per heavy atom. The SMILES string of the molecule is COC(=O)c1cccc(O[C@@H]2C[C@@H]3CN(Cc4ncccc4OC)C[C@@H]3C[C@H]2O)c1.O=CO. The number of fused-ring (bicyclic) bond motifs is 1. The molecule has 0 radical (unpaired) electrons. The number of rotatable bonds is 6. The maximum Gasteiger partial charge on any atom is 0.337 e. The molecule has 0 bridgehead atoms. The summed E-state index contributed by atoms with van der Waals surface area (Å²) in [6.07, 6.45) is 2.46. The van der Waals surface area contributed by atoms with Crippen molar-refractivity contribution in [3.05, 3.63) is 53.9 Å². The minimum Gasteiger partial charge on any atom is -0.495 e. The summed E-state index contributed by atoms with van der Waals surface area (Å²) in [5.41, 5.74) is 1.38. The standard InChI is InChI=1S/C23H28N2O5.CH2O2/c1-28-21-7-4-8-24-19(21)14-25-12-16-10-20(26)22(11-17(16)13-25)30-18-6-3-5-15(9-18)23(27)29-2;2-1-3/h3-9,16-17,20,22,26H,10-14H2,1-2H3;1H,(H,2,3)/t16-,17+,20+,22+;/m0./s1. The lowest BCUT2D eigenvalue weighted by Gasteiger charge is -2.35. The lowest BCUT2D eigenvalue weighted by Crippen LogP contribution is -2.42. The average Bonchev–Trinajstić information content (AvgIpc) is 3.20. The van der Waals surface area contributed by atoms with Crippen LogP contribution in [0.25, 0.3) is 0 Å². The Bertz CT molecular complexity index is 939. The number of hydrogen-bond acceptors (Lipinski definition) is 8. The lowest BCUT2D eigenvalue weighted by atomic mass is 9.78. The molecule has 1 saturated carbocycles. The molecular weight excluding hydrogens is 428 g/mol. The number of aliphatic hydroxyl groups excluding tert-OH is 1. The fraction of sp³-hybridized carbons (Fsp3) is 0.458. The van der Waals surface area contributed by atoms with Crippen molar-refractivity contribution in [3.63, 3.8) is 0 Å². The quantitative estimate of drug-likeness (QED) is 0.496. The Kier molecular flexibility index (Phi) is 8.62. The Labute approximate surface area is 192 Å². The zero-order valence-electron chi connectivity index (χ0n) is 18.8. The first-order chi connectivity index (χ1) is 16.0. The van der Waals surface area contributed by atoms with Crippen LogP contribution in [0.15, 0.2) is 42.6 Å². The molecule has 9 heteroatoms. The maximum atomic E-state index is 11.8. The van der Waals surface area contributed by atoms with Crippen LogP contribution in [0.3, 0.4) is 0 Å². The normalized spacial score (nSPS) is 24.1. The van der Waals surface area contributed by atoms with Crippen LogP contribution in [-0.2, 0) is 16.1 Å². The van der Waals surface area contributed by atoms with E-state index < -0.39 is 12.1 Å². The molecule has 2 heterocycles. The molecule has 1 saturated heterocycles. The van der Waals surface area contributed by atoms with Crippen molar-refractivity contribution in [2.75, 3.05) is 27.3 Å². The summed E-state index contributed by atoms with van der Waals surface area (Å²) < 4.78 is 16.3. The molecule has 2 N–H and O–H groups in total. The molecule has 4 rings (SSSR count). The molecule has 178 valence electrons. The topological polar surface area (TPSA) is 118 Å². The number of carbonyl (C=O) groups excluding carboxylic acids is 1. The minimum atomic E-state index is -0.530. The number of pyridine rings is 1. The number of methoxy groups -OCH3 is 2. The van der Waals surface area contributed by atoms with Gasteiger partial charge in [0.25, 0.3) is 6.47 Å². The summed E-state index contributed by atoms with van der Waals surface area (Å²) in [5.74, 6) is 1.88. The van der Waals surface area contributed by atoms with Crippen molar-refractivity contribution in [1.29, 1.82) is 0 Å². The predicted molar refractivity (Wildman–Crippen MR) is 119 cm³/mol. The Morgan fingerprint density at radius 2 is 1.91 bits per heavy atom. The molecule has 1 aliphatic carbocycles. The van der Waals surface area contributed by atoms with E-state index in [1.165, 1.54) is 7.11 Å². The summed E-state index contributed by atoms with van der Waals surface area (Å²) in [6.45, 7) is 2.37. The lowest BCUT2D eigenvalue weighted by molar-refractivity contribution is -0.122. The van der Waals surface area contributed by atoms with Crippen LogP contribution in [0.2, 0.25) is 0 Å². The van der Waals surface area contributed by atoms with E-state index in [2.05, 4.69) is 9.88 Å². The fourth-order valence-electron chi connectivity index (χ4n) is 4.67. The second kappa shape index (κ2) is 11.6. The molecule has 4 atom stereocenters. The van der Waals surface area contributed by atoms with Gasteiger partial charge < -0.3 is 24.4 Å². The molecule has 0 unspecified atom stereocenters. The summed E-state index contributed by atoms with van der Waals surface area (Å²) in [5, 5.41) is 17.6. The first-order valence-electron chi connectivity index (χ1n) is 10.8. The molecule has 0 amide bonds. The summed E-state index contributed by atoms with van der Waals surface area (Å²) in [4.78, 5) is 27.0. The Balaban J connectivity index is 0.000000968. The highest BCUT2D eigenvalue weighted by Crippen LogP contribution is 2.38. The second-order valence-electron chi connectivity index (χ2n) is 8.19. The molecule has 2 aromatic rings. The van der Waals surface area contributed by atoms with Crippen LogP contribution < -0.4 is 9.47 Å². The van der Waals surface area contributed by atoms with E-state index in [1.807, 2.05) is 12.1 Å². The molecule has 9 nitrogen and oxygen atoms in total. The number of ether oxygens (including phenoxy) is 3. The van der Waals surface area contributed by atoms with Crippen molar-refractivity contribution in [3.8, 4) is 11.5 Å². The molecule has 0 spiro atoms. The third kappa shape index (κ3) is 6.21. The molecular formula is C24H30N2O7. The Hall–Kier alpha value is -3.17. The van der Waals surface area contributed by atoms with E-state index >= 15 is 0 Å². The van der Waals surface area contributed by atoms with Gasteiger partial charge >= 0.3 is 5.97 Å². The number of carbonyl (C=O) groups is 2. The van der Waals surface area contributed by atoms with E-state index in [1.54, 1.807) is 37.6 Å². The van der Waals surface area contributed by atoms with Gasteiger partial charge in [-0.2, -0.15) is 0 Å². The highest BCUT2D eigenvalue weighted by Gasteiger charge is 2.42. The van der Waals surface area contributed by atoms with Crippen molar-refractivity contribution < 1.29 is 34.0 Å². The van der Waals surface area contributed by atoms with Gasteiger partial charge in [0.1, 0.15) is 17.6 Å². The molecule has 1 aromatic heterocycles. The van der Waals surface area contributed by atoms with Crippen molar-refractivity contribution in [1.82, 2.24) is 9.88 Å². The minimum absolute atomic E-state index is 0.250. The average molecular weight is 459 g/mol. The monoisotopic (exact) mass is 458 g/mol. The summed E-state index contributed by atoms with van der Waals surface area (Å²) in [7, 11) is 3.02. The van der Waals surface area contributed by atoms with Crippen molar-refractivity contribution >= 4 is 12.4 Å². The maximum absolute atomic E-state index is 11.8. The van der Waals surface area contributed by atoms with Crippen LogP contribution in [0, 0.1) is 11.8 Å². The van der Waals surface area contributed by atoms with Gasteiger partial charge in [0.15, 0.2) is 0 Å². The van der Waals surface area contributed by atoms with Gasteiger partial charge in [0.05, 0.1) is 31.6 Å². The first kappa shape index (κ1) is 24.5. The van der Waals surface area contributed by atoms with Gasteiger partial charge in [-0.1, -0.05) is 6.07 Å². The van der Waals surface area contributed by atoms with Crippen molar-refractivity contribution in [2.45, 2.75) is 31.6 Å². The van der Waals surface area contributed by atoms with Crippen LogP contribution in [0.1, 0.15) is 28.9 Å². The van der Waals surface area contributed by atoms with Crippen LogP contribution >= 0.6 is 0 Å². The zero-order valence-corrected chi connectivity index (χ0v) is 18.8. The molecule has 2 fully saturated rings. The number of likely N-dealkylation sites (tertiary alicyclic amines) is 1. The summed E-state index contributed by atoms with van der Waals surface area (Å²) in [6, 6.07) is 10.7. The van der Waals surface area contributed by atoms with E-state index in [4.69, 9.17) is 24.1 Å². The second-order valence-corrected chi connectivity index (χ2v) is 8.19. The third-order valence-corrected chi connectivity index (χ3v) is 6.14. The number of aliphatic hydroxyl groups is 1. The van der Waals surface area contributed by atoms with E-state index in [-0.39, 0.29) is 12.6 Å². The predicted octanol–water partition coefficient (Wildman–Crippen LogP) is 2.23. The van der Waals surface area contributed by atoms with E-state index in [0.29, 0.717) is 29.6 Å². The zero-order chi connectivity index (χ0) is 23.8. The highest BCUT2D eigenvalue weighted by molar-refractivity contribution is 5.89. The molecule has 33 heavy (non-hydrogen) atoms. The van der Waals surface area contributed by atoms with E-state index in [9.17, 15) is 9.90 Å². The van der Waals surface area contributed by atoms with Gasteiger partial charge in [0, 0.05) is 25.8 Å². The smallest absolute Gasteiger partial charge is 0.337 e. The van der Waals surface area contributed by atoms with Crippen molar-refractivity contribution in [2.24, 2.45) is 11.8 Å². The van der Waals surface area contributed by atoms with Gasteiger partial charge in [-0.3, -0.25) is 14.7 Å². The van der Waals surface area contributed by atoms with Crippen LogP contribution in [-0.4, -0.2) is 72.1 Å². The van der Waals surface area contributed by atoms with Gasteiger partial charge in [-0.15, -0.1) is 0 Å². The van der Waals surface area contributed by atoms with Crippen LogP contribution in [0.4, 0.5) is 0 Å². The number of benzene rings is 1. The number of carboxylic acid groups (broad SMARTS) is 1. The Morgan fingerprint density at radius 3 is 2.61 bits per heavy atom. The number of hydrogen-bond donors (Lipinski definition) is 2. The van der Waals surface area contributed by atoms with E-state index in [0.717, 1.165) is 37.5 Å². The number of nitrogens with zero attached hydrogens (tertiary/aromatic N) is 2. The largest absolute Gasteiger partial charge is 0.495 e. The number of aromatic nitrogens is 1. The van der Waals surface area contributed by atoms with Gasteiger partial charge in [0.2, 0.25) is 0 Å². The summed E-state index contributed by atoms with van der Waals surface area (Å²) >= 11 is 0. The first-order valence-corrected chi connectivity index (χ1v) is 10.8. The molecule has 1 aromatic carbocycles. The molecule has 1 aliphatic heterocycles. The highest BCUT2D eigenvalue weighted by atomic mass is 16.5.